The van der Waals surface area contributed by atoms with Crippen LogP contribution in [-0.2, 0) is 18.7 Å². The van der Waals surface area contributed by atoms with Crippen LogP contribution in [0.25, 0.3) is 11.1 Å². The fourth-order valence-electron chi connectivity index (χ4n) is 4.39. The van der Waals surface area contributed by atoms with Crippen molar-refractivity contribution < 1.29 is 48.6 Å². The quantitative estimate of drug-likeness (QED) is 0.108. The second kappa shape index (κ2) is 13.0. The van der Waals surface area contributed by atoms with Crippen molar-refractivity contribution in [3.05, 3.63) is 124 Å². The Balaban J connectivity index is 1.53. The van der Waals surface area contributed by atoms with Gasteiger partial charge in [0, 0.05) is 22.8 Å². The van der Waals surface area contributed by atoms with E-state index < -0.39 is 69.4 Å². The minimum atomic E-state index is -5.36. The summed E-state index contributed by atoms with van der Waals surface area (Å²) >= 11 is 0. The second-order valence-electron chi connectivity index (χ2n) is 9.79. The normalized spacial score (nSPS) is 11.7. The van der Waals surface area contributed by atoms with Gasteiger partial charge in [-0.05, 0) is 72.5 Å². The first-order valence-corrected chi connectivity index (χ1v) is 13.2. The van der Waals surface area contributed by atoms with E-state index in [1.54, 1.807) is 12.1 Å². The van der Waals surface area contributed by atoms with Crippen molar-refractivity contribution in [2.45, 2.75) is 44.9 Å². The van der Waals surface area contributed by atoms with E-state index in [1.807, 2.05) is 12.1 Å². The average molecular weight is 625 g/mol. The van der Waals surface area contributed by atoms with Crippen LogP contribution in [0.15, 0.2) is 66.7 Å². The molecule has 0 saturated carbocycles. The predicted octanol–water partition coefficient (Wildman–Crippen LogP) is 10.3. The molecule has 0 aliphatic heterocycles. The summed E-state index contributed by atoms with van der Waals surface area (Å²) in [6, 6.07) is 10.5. The van der Waals surface area contributed by atoms with Crippen molar-refractivity contribution in [1.29, 1.82) is 0 Å². The molecule has 44 heavy (non-hydrogen) atoms. The number of ether oxygens (including phenoxy) is 1. The summed E-state index contributed by atoms with van der Waals surface area (Å²) in [4.78, 5) is 0. The number of benzene rings is 4. The zero-order chi connectivity index (χ0) is 32.2. The summed E-state index contributed by atoms with van der Waals surface area (Å²) in [5.41, 5.74) is -3.89. The lowest BCUT2D eigenvalue weighted by Crippen LogP contribution is -2.25. The molecule has 4 aromatic carbocycles. The largest absolute Gasteiger partial charge is 0.432 e. The Labute approximate surface area is 246 Å². The minimum Gasteiger partial charge on any atom is -0.429 e. The van der Waals surface area contributed by atoms with E-state index in [4.69, 9.17) is 0 Å². The molecule has 0 heterocycles. The standard InChI is InChI=1S/C33H22F10O/c1-2-3-4-5-19-6-8-20(9-7-19)10-11-21-14-26(35)31(27(36)15-21)33(42,43)44-23-12-13-24(25(34)18-23)22-16-28(37)30(29(38)17-22)32(39,40)41/h6-9,12-18H,2-5H2,1H3. The summed E-state index contributed by atoms with van der Waals surface area (Å²) in [6.45, 7) is 2.09. The Morgan fingerprint density at radius 3 is 1.73 bits per heavy atom. The number of alkyl halides is 5. The van der Waals surface area contributed by atoms with Crippen molar-refractivity contribution in [3.8, 4) is 28.7 Å². The molecule has 0 amide bonds. The number of halogens is 10. The molecule has 4 rings (SSSR count). The van der Waals surface area contributed by atoms with Gasteiger partial charge in [-0.25, -0.2) is 22.0 Å². The van der Waals surface area contributed by atoms with Gasteiger partial charge in [-0.1, -0.05) is 43.7 Å². The summed E-state index contributed by atoms with van der Waals surface area (Å²) in [5.74, 6) is -4.58. The van der Waals surface area contributed by atoms with E-state index in [0.717, 1.165) is 31.2 Å². The maximum absolute atomic E-state index is 14.8. The van der Waals surface area contributed by atoms with Crippen molar-refractivity contribution in [3.63, 3.8) is 0 Å². The maximum Gasteiger partial charge on any atom is 0.432 e. The van der Waals surface area contributed by atoms with Gasteiger partial charge >= 0.3 is 12.3 Å². The Bertz CT molecular complexity index is 1670. The van der Waals surface area contributed by atoms with Gasteiger partial charge in [0.2, 0.25) is 0 Å². The zero-order valence-corrected chi connectivity index (χ0v) is 22.9. The van der Waals surface area contributed by atoms with E-state index in [0.29, 0.717) is 35.9 Å². The van der Waals surface area contributed by atoms with Crippen LogP contribution in [-0.4, -0.2) is 0 Å². The van der Waals surface area contributed by atoms with Gasteiger partial charge in [-0.15, -0.1) is 0 Å². The fourth-order valence-corrected chi connectivity index (χ4v) is 4.39. The van der Waals surface area contributed by atoms with Crippen molar-refractivity contribution >= 4 is 0 Å². The van der Waals surface area contributed by atoms with Crippen LogP contribution in [0.1, 0.15) is 54.0 Å². The Hall–Kier alpha value is -4.46. The molecule has 4 aromatic rings. The molecule has 0 N–H and O–H groups in total. The molecule has 0 radical (unpaired) electrons. The molecule has 0 saturated heterocycles. The lowest BCUT2D eigenvalue weighted by molar-refractivity contribution is -0.189. The van der Waals surface area contributed by atoms with Gasteiger partial charge in [-0.3, -0.25) is 0 Å². The summed E-state index contributed by atoms with van der Waals surface area (Å²) < 4.78 is 144. The number of rotatable bonds is 8. The topological polar surface area (TPSA) is 9.23 Å². The monoisotopic (exact) mass is 624 g/mol. The third kappa shape index (κ3) is 7.54. The molecule has 0 fully saturated rings. The van der Waals surface area contributed by atoms with Gasteiger partial charge in [0.05, 0.1) is 0 Å². The Morgan fingerprint density at radius 1 is 0.614 bits per heavy atom. The van der Waals surface area contributed by atoms with Gasteiger partial charge in [0.25, 0.3) is 0 Å². The molecule has 0 aliphatic rings. The molecule has 1 nitrogen and oxygen atoms in total. The number of unbranched alkanes of at least 4 members (excludes halogenated alkanes) is 2. The third-order valence-electron chi connectivity index (χ3n) is 6.53. The first-order chi connectivity index (χ1) is 20.7. The van der Waals surface area contributed by atoms with Crippen LogP contribution in [0.3, 0.4) is 0 Å². The van der Waals surface area contributed by atoms with Crippen LogP contribution in [0.4, 0.5) is 43.9 Å². The van der Waals surface area contributed by atoms with Crippen LogP contribution < -0.4 is 4.74 Å². The highest BCUT2D eigenvalue weighted by atomic mass is 19.4. The summed E-state index contributed by atoms with van der Waals surface area (Å²) in [6.07, 6.45) is -5.91. The van der Waals surface area contributed by atoms with Gasteiger partial charge in [0.15, 0.2) is 0 Å². The molecular weight excluding hydrogens is 602 g/mol. The van der Waals surface area contributed by atoms with Crippen LogP contribution in [0.2, 0.25) is 0 Å². The first-order valence-electron chi connectivity index (χ1n) is 13.2. The van der Waals surface area contributed by atoms with Crippen LogP contribution >= 0.6 is 0 Å². The molecule has 0 spiro atoms. The third-order valence-corrected chi connectivity index (χ3v) is 6.53. The predicted molar refractivity (Wildman–Crippen MR) is 143 cm³/mol. The molecule has 0 bridgehead atoms. The molecular formula is C33H22F10O. The van der Waals surface area contributed by atoms with Gasteiger partial charge in [0.1, 0.15) is 46.0 Å². The molecule has 230 valence electrons. The number of hydrogen-bond donors (Lipinski definition) is 0. The van der Waals surface area contributed by atoms with Crippen LogP contribution in [0, 0.1) is 40.9 Å². The lowest BCUT2D eigenvalue weighted by Gasteiger charge is -2.20. The maximum atomic E-state index is 14.8. The highest BCUT2D eigenvalue weighted by molar-refractivity contribution is 5.66. The van der Waals surface area contributed by atoms with Gasteiger partial charge < -0.3 is 4.74 Å². The molecule has 0 aromatic heterocycles. The number of hydrogen-bond acceptors (Lipinski definition) is 1. The summed E-state index contributed by atoms with van der Waals surface area (Å²) in [5, 5.41) is 0. The SMILES string of the molecule is CCCCCc1ccc(C#Cc2cc(F)c(C(F)(F)Oc3ccc(-c4cc(F)c(C(F)(F)F)c(F)c4)c(F)c3)c(F)c2)cc1. The zero-order valence-electron chi connectivity index (χ0n) is 22.9. The summed E-state index contributed by atoms with van der Waals surface area (Å²) in [7, 11) is 0. The van der Waals surface area contributed by atoms with Crippen molar-refractivity contribution in [1.82, 2.24) is 0 Å². The molecule has 0 aliphatic carbocycles. The second-order valence-corrected chi connectivity index (χ2v) is 9.79. The highest BCUT2D eigenvalue weighted by Crippen LogP contribution is 2.39. The highest BCUT2D eigenvalue weighted by Gasteiger charge is 2.41. The Morgan fingerprint density at radius 2 is 1.18 bits per heavy atom. The molecule has 0 atom stereocenters. The van der Waals surface area contributed by atoms with Crippen molar-refractivity contribution in [2.75, 3.05) is 0 Å². The van der Waals surface area contributed by atoms with E-state index in [-0.39, 0.29) is 17.7 Å². The molecule has 0 unspecified atom stereocenters. The van der Waals surface area contributed by atoms with E-state index in [1.165, 1.54) is 0 Å². The first kappa shape index (κ1) is 32.5. The smallest absolute Gasteiger partial charge is 0.429 e. The van der Waals surface area contributed by atoms with E-state index in [9.17, 15) is 43.9 Å². The van der Waals surface area contributed by atoms with Gasteiger partial charge in [-0.2, -0.15) is 22.0 Å². The minimum absolute atomic E-state index is 0.221. The van der Waals surface area contributed by atoms with E-state index in [2.05, 4.69) is 23.5 Å². The van der Waals surface area contributed by atoms with E-state index >= 15 is 0 Å². The average Bonchev–Trinajstić information content (AvgIpc) is 2.91. The molecule has 11 heteroatoms. The fraction of sp³-hybridized carbons (Fsp3) is 0.212. The number of aryl methyl sites for hydroxylation is 1. The Kier molecular flexibility index (Phi) is 9.62. The van der Waals surface area contributed by atoms with Crippen LogP contribution in [0.5, 0.6) is 5.75 Å². The lowest BCUT2D eigenvalue weighted by atomic mass is 10.0. The van der Waals surface area contributed by atoms with Crippen molar-refractivity contribution in [2.24, 2.45) is 0 Å².